The van der Waals surface area contributed by atoms with E-state index in [1.165, 1.54) is 6.07 Å². The molecule has 1 rings (SSSR count). The molecule has 1 aromatic heterocycles. The Bertz CT molecular complexity index is 454. The Morgan fingerprint density at radius 1 is 1.47 bits per heavy atom. The Labute approximate surface area is 98.6 Å². The van der Waals surface area contributed by atoms with Crippen LogP contribution in [0.25, 0.3) is 0 Å². The van der Waals surface area contributed by atoms with Gasteiger partial charge in [0.2, 0.25) is 0 Å². The molecule has 0 aliphatic rings. The van der Waals surface area contributed by atoms with Crippen LogP contribution in [-0.2, 0) is 11.2 Å². The third kappa shape index (κ3) is 3.19. The smallest absolute Gasteiger partial charge is 0.366 e. The standard InChI is InChI=1S/C9H9F3N2O2S/c1-2-4-3-5(6(13)15)7(17-4)14-8(16)9(10,11)12/h3H,2H2,1H3,(H2,13,15)(H,14,16). The van der Waals surface area contributed by atoms with Crippen molar-refractivity contribution in [3.05, 3.63) is 16.5 Å². The van der Waals surface area contributed by atoms with Crippen LogP contribution in [0.15, 0.2) is 6.07 Å². The molecule has 1 heterocycles. The van der Waals surface area contributed by atoms with Gasteiger partial charge in [-0.15, -0.1) is 11.3 Å². The largest absolute Gasteiger partial charge is 0.471 e. The van der Waals surface area contributed by atoms with E-state index in [4.69, 9.17) is 5.73 Å². The quantitative estimate of drug-likeness (QED) is 0.877. The highest BCUT2D eigenvalue weighted by Crippen LogP contribution is 2.29. The van der Waals surface area contributed by atoms with Crippen molar-refractivity contribution >= 4 is 28.2 Å². The van der Waals surface area contributed by atoms with E-state index in [-0.39, 0.29) is 10.6 Å². The molecule has 94 valence electrons. The Morgan fingerprint density at radius 2 is 2.06 bits per heavy atom. The number of aryl methyl sites for hydroxylation is 1. The number of nitrogens with two attached hydrogens (primary N) is 1. The molecule has 0 aliphatic heterocycles. The van der Waals surface area contributed by atoms with E-state index in [1.807, 2.05) is 0 Å². The van der Waals surface area contributed by atoms with Gasteiger partial charge in [0.05, 0.1) is 5.56 Å². The number of hydrogen-bond donors (Lipinski definition) is 2. The zero-order valence-electron chi connectivity index (χ0n) is 8.72. The minimum atomic E-state index is -4.99. The highest BCUT2D eigenvalue weighted by molar-refractivity contribution is 7.16. The summed E-state index contributed by atoms with van der Waals surface area (Å²) in [6.45, 7) is 1.77. The van der Waals surface area contributed by atoms with Gasteiger partial charge >= 0.3 is 12.1 Å². The van der Waals surface area contributed by atoms with Crippen molar-refractivity contribution in [2.24, 2.45) is 5.73 Å². The highest BCUT2D eigenvalue weighted by atomic mass is 32.1. The molecule has 0 aliphatic carbocycles. The lowest BCUT2D eigenvalue weighted by atomic mass is 10.2. The second kappa shape index (κ2) is 4.74. The van der Waals surface area contributed by atoms with Gasteiger partial charge < -0.3 is 11.1 Å². The van der Waals surface area contributed by atoms with Gasteiger partial charge in [-0.25, -0.2) is 0 Å². The van der Waals surface area contributed by atoms with Gasteiger partial charge in [0.15, 0.2) is 0 Å². The van der Waals surface area contributed by atoms with Gasteiger partial charge in [-0.2, -0.15) is 13.2 Å². The fourth-order valence-corrected chi connectivity index (χ4v) is 2.06. The van der Waals surface area contributed by atoms with Crippen LogP contribution in [0.5, 0.6) is 0 Å². The summed E-state index contributed by atoms with van der Waals surface area (Å²) in [7, 11) is 0. The van der Waals surface area contributed by atoms with Crippen LogP contribution in [0.1, 0.15) is 22.2 Å². The molecule has 8 heteroatoms. The van der Waals surface area contributed by atoms with Crippen molar-refractivity contribution in [1.82, 2.24) is 0 Å². The van der Waals surface area contributed by atoms with E-state index in [0.717, 1.165) is 11.3 Å². The van der Waals surface area contributed by atoms with E-state index in [9.17, 15) is 22.8 Å². The number of primary amides is 1. The van der Waals surface area contributed by atoms with Crippen molar-refractivity contribution in [3.63, 3.8) is 0 Å². The average Bonchev–Trinajstić information content (AvgIpc) is 2.59. The molecule has 1 aromatic rings. The first kappa shape index (κ1) is 13.5. The van der Waals surface area contributed by atoms with Crippen LogP contribution in [-0.4, -0.2) is 18.0 Å². The zero-order valence-corrected chi connectivity index (χ0v) is 9.54. The third-order valence-corrected chi connectivity index (χ3v) is 3.08. The molecule has 0 spiro atoms. The molecule has 2 amide bonds. The monoisotopic (exact) mass is 266 g/mol. The molecule has 0 radical (unpaired) electrons. The van der Waals surface area contributed by atoms with Crippen LogP contribution >= 0.6 is 11.3 Å². The number of carbonyl (C=O) groups excluding carboxylic acids is 2. The lowest BCUT2D eigenvalue weighted by molar-refractivity contribution is -0.167. The molecule has 0 saturated heterocycles. The van der Waals surface area contributed by atoms with Gasteiger partial charge in [0.25, 0.3) is 5.91 Å². The molecular formula is C9H9F3N2O2S. The van der Waals surface area contributed by atoms with Crippen molar-refractivity contribution < 1.29 is 22.8 Å². The number of hydrogen-bond acceptors (Lipinski definition) is 3. The summed E-state index contributed by atoms with van der Waals surface area (Å²) >= 11 is 0.899. The Morgan fingerprint density at radius 3 is 2.47 bits per heavy atom. The van der Waals surface area contributed by atoms with Crippen LogP contribution < -0.4 is 11.1 Å². The van der Waals surface area contributed by atoms with E-state index in [2.05, 4.69) is 0 Å². The number of thiophene rings is 1. The molecule has 0 aromatic carbocycles. The minimum Gasteiger partial charge on any atom is -0.366 e. The first-order valence-electron chi connectivity index (χ1n) is 4.56. The summed E-state index contributed by atoms with van der Waals surface area (Å²) in [6, 6.07) is 1.37. The lowest BCUT2D eigenvalue weighted by Crippen LogP contribution is -2.30. The normalized spacial score (nSPS) is 11.3. The number of rotatable bonds is 3. The van der Waals surface area contributed by atoms with Gasteiger partial charge in [-0.3, -0.25) is 9.59 Å². The Kier molecular flexibility index (Phi) is 3.76. The molecule has 4 nitrogen and oxygen atoms in total. The topological polar surface area (TPSA) is 72.2 Å². The summed E-state index contributed by atoms with van der Waals surface area (Å²) in [5.74, 6) is -3.00. The molecule has 0 saturated carbocycles. The van der Waals surface area contributed by atoms with Crippen LogP contribution in [0.4, 0.5) is 18.2 Å². The Hall–Kier alpha value is -1.57. The molecule has 0 bridgehead atoms. The summed E-state index contributed by atoms with van der Waals surface area (Å²) in [6.07, 6.45) is -4.46. The zero-order chi connectivity index (χ0) is 13.2. The number of carbonyl (C=O) groups is 2. The van der Waals surface area contributed by atoms with E-state index >= 15 is 0 Å². The number of nitrogens with one attached hydrogen (secondary N) is 1. The number of amides is 2. The first-order chi connectivity index (χ1) is 7.75. The maximum atomic E-state index is 12.0. The van der Waals surface area contributed by atoms with Crippen molar-refractivity contribution in [2.45, 2.75) is 19.5 Å². The van der Waals surface area contributed by atoms with E-state index in [0.29, 0.717) is 11.3 Å². The SMILES string of the molecule is CCc1cc(C(N)=O)c(NC(=O)C(F)(F)F)s1. The van der Waals surface area contributed by atoms with Gasteiger partial charge in [0, 0.05) is 4.88 Å². The second-order valence-corrected chi connectivity index (χ2v) is 4.26. The molecule has 17 heavy (non-hydrogen) atoms. The number of halogens is 3. The van der Waals surface area contributed by atoms with Crippen molar-refractivity contribution in [2.75, 3.05) is 5.32 Å². The second-order valence-electron chi connectivity index (χ2n) is 3.13. The molecule has 0 fully saturated rings. The number of anilines is 1. The van der Waals surface area contributed by atoms with Crippen LogP contribution in [0.3, 0.4) is 0 Å². The van der Waals surface area contributed by atoms with Crippen molar-refractivity contribution in [1.29, 1.82) is 0 Å². The highest BCUT2D eigenvalue weighted by Gasteiger charge is 2.39. The summed E-state index contributed by atoms with van der Waals surface area (Å²) in [4.78, 5) is 22.4. The maximum Gasteiger partial charge on any atom is 0.471 e. The first-order valence-corrected chi connectivity index (χ1v) is 5.38. The van der Waals surface area contributed by atoms with E-state index < -0.39 is 18.0 Å². The van der Waals surface area contributed by atoms with Gasteiger partial charge in [0.1, 0.15) is 5.00 Å². The lowest BCUT2D eigenvalue weighted by Gasteiger charge is -2.06. The molecular weight excluding hydrogens is 257 g/mol. The third-order valence-electron chi connectivity index (χ3n) is 1.88. The molecule has 0 unspecified atom stereocenters. The van der Waals surface area contributed by atoms with E-state index in [1.54, 1.807) is 12.2 Å². The van der Waals surface area contributed by atoms with Gasteiger partial charge in [-0.05, 0) is 12.5 Å². The van der Waals surface area contributed by atoms with Crippen LogP contribution in [0, 0.1) is 0 Å². The molecule has 0 atom stereocenters. The summed E-state index contributed by atoms with van der Waals surface area (Å²) in [5, 5.41) is 1.47. The number of alkyl halides is 3. The predicted octanol–water partition coefficient (Wildman–Crippen LogP) is 1.91. The fourth-order valence-electron chi connectivity index (χ4n) is 1.07. The fraction of sp³-hybridized carbons (Fsp3) is 0.333. The summed E-state index contributed by atoms with van der Waals surface area (Å²) in [5.41, 5.74) is 4.90. The minimum absolute atomic E-state index is 0.107. The Balaban J connectivity index is 3.01. The van der Waals surface area contributed by atoms with Crippen molar-refractivity contribution in [3.8, 4) is 0 Å². The molecule has 3 N–H and O–H groups in total. The summed E-state index contributed by atoms with van der Waals surface area (Å²) < 4.78 is 36.1. The maximum absolute atomic E-state index is 12.0. The van der Waals surface area contributed by atoms with Gasteiger partial charge in [-0.1, -0.05) is 6.92 Å². The average molecular weight is 266 g/mol. The van der Waals surface area contributed by atoms with Crippen LogP contribution in [0.2, 0.25) is 0 Å². The predicted molar refractivity (Wildman–Crippen MR) is 56.9 cm³/mol.